The van der Waals surface area contributed by atoms with E-state index >= 15 is 0 Å². The minimum atomic E-state index is -4.07. The van der Waals surface area contributed by atoms with Crippen LogP contribution in [0.1, 0.15) is 50.3 Å². The van der Waals surface area contributed by atoms with E-state index in [-0.39, 0.29) is 35.3 Å². The number of nitrogens with one attached hydrogen (secondary N) is 1. The van der Waals surface area contributed by atoms with Crippen molar-refractivity contribution in [2.45, 2.75) is 62.5 Å². The molecule has 0 unspecified atom stereocenters. The number of alkyl halides is 2. The van der Waals surface area contributed by atoms with E-state index in [4.69, 9.17) is 21.1 Å². The van der Waals surface area contributed by atoms with Gasteiger partial charge in [0.1, 0.15) is 6.10 Å². The predicted octanol–water partition coefficient (Wildman–Crippen LogP) is 6.19. The van der Waals surface area contributed by atoms with Crippen LogP contribution in [0.25, 0.3) is 0 Å². The van der Waals surface area contributed by atoms with E-state index in [1.807, 2.05) is 0 Å². The number of hydrogen-bond donors (Lipinski definition) is 1. The van der Waals surface area contributed by atoms with Gasteiger partial charge in [-0.2, -0.15) is 13.1 Å². The highest BCUT2D eigenvalue weighted by atomic mass is 35.5. The molecule has 2 aliphatic rings. The molecular formula is C32H37ClF2N2O7S2. The number of ether oxygens (including phenoxy) is 3. The van der Waals surface area contributed by atoms with Gasteiger partial charge in [-0.05, 0) is 73.1 Å². The average Bonchev–Trinajstić information content (AvgIpc) is 3.70. The Labute approximate surface area is 277 Å². The van der Waals surface area contributed by atoms with Gasteiger partial charge in [0.15, 0.2) is 16.9 Å². The fraction of sp³-hybridized carbons (Fsp3) is 0.438. The van der Waals surface area contributed by atoms with Gasteiger partial charge in [-0.25, -0.2) is 13.2 Å². The highest BCUT2D eigenvalue weighted by Crippen LogP contribution is 2.39. The fourth-order valence-electron chi connectivity index (χ4n) is 4.75. The molecule has 1 N–H and O–H groups in total. The van der Waals surface area contributed by atoms with Crippen LogP contribution in [0.3, 0.4) is 0 Å². The zero-order valence-electron chi connectivity index (χ0n) is 25.5. The van der Waals surface area contributed by atoms with Crippen LogP contribution >= 0.6 is 23.4 Å². The van der Waals surface area contributed by atoms with Gasteiger partial charge < -0.3 is 19.5 Å². The first-order valence-electron chi connectivity index (χ1n) is 14.8. The molecule has 250 valence electrons. The van der Waals surface area contributed by atoms with Crippen molar-refractivity contribution in [1.29, 1.82) is 0 Å². The van der Waals surface area contributed by atoms with Gasteiger partial charge in [-0.15, -0.1) is 11.8 Å². The van der Waals surface area contributed by atoms with Crippen LogP contribution in [0.15, 0.2) is 70.6 Å². The van der Waals surface area contributed by atoms with Crippen molar-refractivity contribution in [3.8, 4) is 11.5 Å². The number of halogens is 3. The standard InChI is InChI=1S/C32H37ClF2N2O7S2/c1-4-24(20(2)33)17-28(25-9-12-27(44-32(34)35)29(18-25)42-19-23-5-6-23)43-31(39)30-37(15-16-45-30)46(40,41)26-10-7-22(8-11-26)13-14-36-21(3)38/h4,7-12,18,23,28,30,32H,1,5-6,13-17,19H2,2-3H3,(H,36,38)/b24-20-/t28-,30-/m0/s1. The molecule has 2 atom stereocenters. The highest BCUT2D eigenvalue weighted by Gasteiger charge is 2.42. The van der Waals surface area contributed by atoms with E-state index in [0.29, 0.717) is 47.4 Å². The van der Waals surface area contributed by atoms with Crippen LogP contribution in [0, 0.1) is 5.92 Å². The molecule has 0 aromatic heterocycles. The first-order chi connectivity index (χ1) is 21.9. The summed E-state index contributed by atoms with van der Waals surface area (Å²) in [4.78, 5) is 24.8. The molecule has 1 aliphatic heterocycles. The Morgan fingerprint density at radius 1 is 1.15 bits per heavy atom. The molecule has 1 aliphatic carbocycles. The summed E-state index contributed by atoms with van der Waals surface area (Å²) in [5.74, 6) is -0.305. The number of rotatable bonds is 16. The van der Waals surface area contributed by atoms with Crippen molar-refractivity contribution < 1.29 is 41.0 Å². The molecule has 2 aromatic carbocycles. The average molecular weight is 699 g/mol. The molecule has 1 saturated heterocycles. The van der Waals surface area contributed by atoms with Gasteiger partial charge in [0.25, 0.3) is 0 Å². The summed E-state index contributed by atoms with van der Waals surface area (Å²) in [7, 11) is -4.07. The first-order valence-corrected chi connectivity index (χ1v) is 17.6. The van der Waals surface area contributed by atoms with E-state index in [9.17, 15) is 26.8 Å². The largest absolute Gasteiger partial charge is 0.489 e. The third-order valence-corrected chi connectivity index (χ3v) is 10.9. The van der Waals surface area contributed by atoms with Crippen molar-refractivity contribution in [1.82, 2.24) is 9.62 Å². The molecule has 1 saturated carbocycles. The molecular weight excluding hydrogens is 662 g/mol. The Kier molecular flexibility index (Phi) is 12.5. The van der Waals surface area contributed by atoms with Crippen molar-refractivity contribution >= 4 is 45.3 Å². The number of carbonyl (C=O) groups excluding carboxylic acids is 2. The fourth-order valence-corrected chi connectivity index (χ4v) is 7.95. The quantitative estimate of drug-likeness (QED) is 0.163. The van der Waals surface area contributed by atoms with E-state index in [1.165, 1.54) is 43.3 Å². The topological polar surface area (TPSA) is 111 Å². The highest BCUT2D eigenvalue weighted by molar-refractivity contribution is 8.02. The van der Waals surface area contributed by atoms with Crippen molar-refractivity contribution in [2.75, 3.05) is 25.4 Å². The Hall–Kier alpha value is -3.13. The number of allylic oxidation sites excluding steroid dienone is 2. The number of amides is 1. The molecule has 2 aromatic rings. The van der Waals surface area contributed by atoms with Crippen LogP contribution in [0.2, 0.25) is 0 Å². The summed E-state index contributed by atoms with van der Waals surface area (Å²) >= 11 is 7.42. The summed E-state index contributed by atoms with van der Waals surface area (Å²) < 4.78 is 71.1. The minimum Gasteiger partial charge on any atom is -0.489 e. The lowest BCUT2D eigenvalue weighted by Crippen LogP contribution is -2.40. The monoisotopic (exact) mass is 698 g/mol. The maximum atomic E-state index is 13.7. The molecule has 0 spiro atoms. The molecule has 1 heterocycles. The molecule has 0 bridgehead atoms. The van der Waals surface area contributed by atoms with Crippen LogP contribution < -0.4 is 14.8 Å². The molecule has 0 radical (unpaired) electrons. The number of esters is 1. The van der Waals surface area contributed by atoms with Gasteiger partial charge in [-0.3, -0.25) is 4.79 Å². The maximum absolute atomic E-state index is 13.7. The molecule has 9 nitrogen and oxygen atoms in total. The smallest absolute Gasteiger partial charge is 0.387 e. The number of carbonyl (C=O) groups is 2. The SMILES string of the molecule is C=C/C(C[C@H](OC(=O)[C@@H]1SCCN1S(=O)(=O)c1ccc(CCNC(C)=O)cc1)c1ccc(OC(F)F)c(OCC2CC2)c1)=C(\C)Cl. The summed E-state index contributed by atoms with van der Waals surface area (Å²) in [6.45, 7) is 4.65. The Morgan fingerprint density at radius 2 is 1.87 bits per heavy atom. The second kappa shape index (κ2) is 16.1. The first kappa shape index (κ1) is 35.7. The Bertz CT molecular complexity index is 1550. The molecule has 14 heteroatoms. The second-order valence-corrected chi connectivity index (χ2v) is 14.6. The minimum absolute atomic E-state index is 0.0225. The number of nitrogens with zero attached hydrogens (tertiary/aromatic N) is 1. The molecule has 4 rings (SSSR count). The maximum Gasteiger partial charge on any atom is 0.387 e. The normalized spacial score (nSPS) is 18.1. The number of hydrogen-bond acceptors (Lipinski definition) is 8. The van der Waals surface area contributed by atoms with E-state index < -0.39 is 34.1 Å². The number of benzene rings is 2. The van der Waals surface area contributed by atoms with Gasteiger partial charge in [0.2, 0.25) is 15.9 Å². The third kappa shape index (κ3) is 9.69. The van der Waals surface area contributed by atoms with Gasteiger partial charge in [0, 0.05) is 37.2 Å². The summed E-state index contributed by atoms with van der Waals surface area (Å²) in [6.07, 6.45) is 3.13. The summed E-state index contributed by atoms with van der Waals surface area (Å²) in [6, 6.07) is 10.6. The van der Waals surface area contributed by atoms with Gasteiger partial charge in [0.05, 0.1) is 11.5 Å². The second-order valence-electron chi connectivity index (χ2n) is 10.9. The van der Waals surface area contributed by atoms with E-state index in [2.05, 4.69) is 16.6 Å². The van der Waals surface area contributed by atoms with E-state index in [0.717, 1.165) is 34.5 Å². The van der Waals surface area contributed by atoms with Crippen molar-refractivity contribution in [3.63, 3.8) is 0 Å². The van der Waals surface area contributed by atoms with Crippen LogP contribution in [0.5, 0.6) is 11.5 Å². The van der Waals surface area contributed by atoms with E-state index in [1.54, 1.807) is 19.1 Å². The summed E-state index contributed by atoms with van der Waals surface area (Å²) in [5, 5.41) is 1.95. The summed E-state index contributed by atoms with van der Waals surface area (Å²) in [5.41, 5.74) is 1.84. The number of sulfonamides is 1. The Morgan fingerprint density at radius 3 is 2.48 bits per heavy atom. The molecule has 1 amide bonds. The third-order valence-electron chi connectivity index (χ3n) is 7.45. The Balaban J connectivity index is 1.57. The molecule has 46 heavy (non-hydrogen) atoms. The lowest BCUT2D eigenvalue weighted by Gasteiger charge is -2.26. The lowest BCUT2D eigenvalue weighted by atomic mass is 10.0. The molecule has 2 fully saturated rings. The zero-order valence-corrected chi connectivity index (χ0v) is 27.9. The lowest BCUT2D eigenvalue weighted by molar-refractivity contribution is -0.150. The predicted molar refractivity (Wildman–Crippen MR) is 172 cm³/mol. The zero-order chi connectivity index (χ0) is 33.4. The van der Waals surface area contributed by atoms with Gasteiger partial charge in [-0.1, -0.05) is 42.5 Å². The van der Waals surface area contributed by atoms with Crippen molar-refractivity contribution in [2.24, 2.45) is 5.92 Å². The van der Waals surface area contributed by atoms with Gasteiger partial charge >= 0.3 is 12.6 Å². The van der Waals surface area contributed by atoms with Crippen LogP contribution in [-0.2, 0) is 30.8 Å². The number of thioether (sulfide) groups is 1. The van der Waals surface area contributed by atoms with Crippen molar-refractivity contribution in [3.05, 3.63) is 76.9 Å². The van der Waals surface area contributed by atoms with Crippen LogP contribution in [-0.4, -0.2) is 62.0 Å². The van der Waals surface area contributed by atoms with Crippen LogP contribution in [0.4, 0.5) is 8.78 Å².